The lowest BCUT2D eigenvalue weighted by atomic mass is 10.2. The molecule has 0 radical (unpaired) electrons. The van der Waals surface area contributed by atoms with Crippen LogP contribution < -0.4 is 0 Å². The third-order valence-electron chi connectivity index (χ3n) is 2.10. The van der Waals surface area contributed by atoms with Crippen molar-refractivity contribution in [1.29, 1.82) is 0 Å². The molecule has 0 atom stereocenters. The Morgan fingerprint density at radius 3 is 2.37 bits per heavy atom. The van der Waals surface area contributed by atoms with Crippen LogP contribution in [0.25, 0.3) is 0 Å². The summed E-state index contributed by atoms with van der Waals surface area (Å²) in [6.45, 7) is 2.96. The summed E-state index contributed by atoms with van der Waals surface area (Å²) in [5, 5.41) is 0. The lowest BCUT2D eigenvalue weighted by Gasteiger charge is -2.29. The maximum absolute atomic E-state index is 11.6. The molecule has 0 bridgehead atoms. The number of ether oxygens (including phenoxy) is 2. The Morgan fingerprint density at radius 2 is 1.84 bits per heavy atom. The van der Waals surface area contributed by atoms with Gasteiger partial charge in [-0.15, -0.1) is 0 Å². The van der Waals surface area contributed by atoms with Gasteiger partial charge in [0.2, 0.25) is 0 Å². The topological polar surface area (TPSA) is 65.7 Å². The number of hydrogen-bond donors (Lipinski definition) is 0. The number of carbonyl (C=O) groups is 2. The Morgan fingerprint density at radius 1 is 1.21 bits per heavy atom. The van der Waals surface area contributed by atoms with Crippen molar-refractivity contribution in [3.05, 3.63) is 34.2 Å². The minimum absolute atomic E-state index is 0.238. The molecule has 0 amide bonds. The second-order valence-electron chi connectivity index (χ2n) is 4.11. The molecule has 0 aromatic carbocycles. The fourth-order valence-electron chi connectivity index (χ4n) is 1.34. The van der Waals surface area contributed by atoms with Gasteiger partial charge in [0.15, 0.2) is 16.0 Å². The lowest BCUT2D eigenvalue weighted by Crippen LogP contribution is -2.41. The molecule has 1 aromatic heterocycles. The van der Waals surface area contributed by atoms with Crippen molar-refractivity contribution < 1.29 is 23.5 Å². The van der Waals surface area contributed by atoms with E-state index in [-0.39, 0.29) is 5.57 Å². The van der Waals surface area contributed by atoms with Crippen molar-refractivity contribution in [2.45, 2.75) is 19.6 Å². The van der Waals surface area contributed by atoms with Crippen molar-refractivity contribution >= 4 is 27.9 Å². The third-order valence-corrected chi connectivity index (χ3v) is 2.53. The summed E-state index contributed by atoms with van der Waals surface area (Å²) in [6, 6.07) is 3.33. The Balaban J connectivity index is 2.18. The molecular weight excluding hydrogens is 316 g/mol. The molecule has 2 rings (SSSR count). The highest BCUT2D eigenvalue weighted by Gasteiger charge is 2.38. The standard InChI is InChI=1S/C13H9BrO5/c1-13(2)18-11(15)9(12(16)19-13)5-3-4-8-6-7-10(14)17-8/h5-7H,1-2H3. The number of esters is 2. The molecule has 1 saturated heterocycles. The van der Waals surface area contributed by atoms with E-state index in [1.165, 1.54) is 13.8 Å². The van der Waals surface area contributed by atoms with Gasteiger partial charge in [-0.1, -0.05) is 5.92 Å². The molecule has 0 unspecified atom stereocenters. The minimum Gasteiger partial charge on any atom is -0.441 e. The van der Waals surface area contributed by atoms with Crippen LogP contribution in [0, 0.1) is 11.8 Å². The molecule has 0 N–H and O–H groups in total. The Hall–Kier alpha value is -2.00. The summed E-state index contributed by atoms with van der Waals surface area (Å²) in [7, 11) is 0. The maximum atomic E-state index is 11.6. The zero-order chi connectivity index (χ0) is 14.0. The number of carbonyl (C=O) groups excluding carboxylic acids is 2. The van der Waals surface area contributed by atoms with E-state index in [0.29, 0.717) is 10.4 Å². The molecule has 98 valence electrons. The van der Waals surface area contributed by atoms with Gasteiger partial charge in [0.25, 0.3) is 5.79 Å². The highest BCUT2D eigenvalue weighted by Crippen LogP contribution is 2.22. The van der Waals surface area contributed by atoms with Crippen LogP contribution >= 0.6 is 15.9 Å². The van der Waals surface area contributed by atoms with Gasteiger partial charge < -0.3 is 13.9 Å². The van der Waals surface area contributed by atoms with Crippen molar-refractivity contribution in [3.8, 4) is 11.8 Å². The van der Waals surface area contributed by atoms with Gasteiger partial charge in [-0.05, 0) is 34.0 Å². The molecule has 19 heavy (non-hydrogen) atoms. The van der Waals surface area contributed by atoms with Crippen LogP contribution in [0.15, 0.2) is 32.9 Å². The number of rotatable bonds is 0. The molecule has 0 saturated carbocycles. The first-order valence-corrected chi connectivity index (χ1v) is 6.10. The van der Waals surface area contributed by atoms with Crippen LogP contribution in [0.5, 0.6) is 0 Å². The van der Waals surface area contributed by atoms with Gasteiger partial charge in [-0.25, -0.2) is 9.59 Å². The highest BCUT2D eigenvalue weighted by molar-refractivity contribution is 9.10. The quantitative estimate of drug-likeness (QED) is 0.316. The van der Waals surface area contributed by atoms with Crippen LogP contribution in [0.3, 0.4) is 0 Å². The summed E-state index contributed by atoms with van der Waals surface area (Å²) in [4.78, 5) is 23.2. The number of hydrogen-bond acceptors (Lipinski definition) is 5. The van der Waals surface area contributed by atoms with Gasteiger partial charge in [0.1, 0.15) is 0 Å². The van der Waals surface area contributed by atoms with Gasteiger partial charge in [0, 0.05) is 19.9 Å². The fourth-order valence-corrected chi connectivity index (χ4v) is 1.65. The number of halogens is 1. The Bertz CT molecular complexity index is 605. The minimum atomic E-state index is -1.25. The van der Waals surface area contributed by atoms with Gasteiger partial charge in [-0.2, -0.15) is 0 Å². The molecule has 5 nitrogen and oxygen atoms in total. The van der Waals surface area contributed by atoms with Crippen molar-refractivity contribution in [2.75, 3.05) is 0 Å². The van der Waals surface area contributed by atoms with Crippen LogP contribution in [0.2, 0.25) is 0 Å². The van der Waals surface area contributed by atoms with Crippen molar-refractivity contribution in [2.24, 2.45) is 0 Å². The van der Waals surface area contributed by atoms with Gasteiger partial charge in [0.05, 0.1) is 0 Å². The average Bonchev–Trinajstić information content (AvgIpc) is 2.67. The van der Waals surface area contributed by atoms with E-state index >= 15 is 0 Å². The molecule has 0 aliphatic carbocycles. The van der Waals surface area contributed by atoms with Crippen molar-refractivity contribution in [3.63, 3.8) is 0 Å². The number of allylic oxidation sites excluding steroid dienone is 1. The first kappa shape index (κ1) is 13.4. The van der Waals surface area contributed by atoms with Gasteiger partial charge >= 0.3 is 11.9 Å². The molecule has 2 heterocycles. The maximum Gasteiger partial charge on any atom is 0.349 e. The average molecular weight is 325 g/mol. The number of cyclic esters (lactones) is 2. The monoisotopic (exact) mass is 324 g/mol. The van der Waals surface area contributed by atoms with Crippen LogP contribution in [0.4, 0.5) is 0 Å². The lowest BCUT2D eigenvalue weighted by molar-refractivity contribution is -0.222. The second-order valence-corrected chi connectivity index (χ2v) is 4.89. The van der Waals surface area contributed by atoms with E-state index in [0.717, 1.165) is 6.08 Å². The molecule has 1 fully saturated rings. The summed E-state index contributed by atoms with van der Waals surface area (Å²) in [5.74, 6) is 2.83. The predicted molar refractivity (Wildman–Crippen MR) is 67.6 cm³/mol. The molecular formula is C13H9BrO5. The van der Waals surface area contributed by atoms with E-state index < -0.39 is 17.7 Å². The van der Waals surface area contributed by atoms with Gasteiger partial charge in [-0.3, -0.25) is 0 Å². The van der Waals surface area contributed by atoms with E-state index in [2.05, 4.69) is 27.8 Å². The van der Waals surface area contributed by atoms with E-state index in [9.17, 15) is 9.59 Å². The smallest absolute Gasteiger partial charge is 0.349 e. The van der Waals surface area contributed by atoms with Crippen molar-refractivity contribution in [1.82, 2.24) is 0 Å². The Kier molecular flexibility index (Phi) is 3.49. The predicted octanol–water partition coefficient (Wildman–Crippen LogP) is 2.16. The largest absolute Gasteiger partial charge is 0.441 e. The van der Waals surface area contributed by atoms with Crippen LogP contribution in [-0.2, 0) is 19.1 Å². The summed E-state index contributed by atoms with van der Waals surface area (Å²) in [6.07, 6.45) is 1.15. The van der Waals surface area contributed by atoms with Crippen LogP contribution in [0.1, 0.15) is 19.6 Å². The zero-order valence-electron chi connectivity index (χ0n) is 10.2. The SMILES string of the molecule is CC1(C)OC(=O)C(=CC#Cc2ccc(Br)o2)C(=O)O1. The highest BCUT2D eigenvalue weighted by atomic mass is 79.9. The molecule has 1 aromatic rings. The molecule has 1 aliphatic rings. The molecule has 1 aliphatic heterocycles. The van der Waals surface area contributed by atoms with E-state index in [1.54, 1.807) is 12.1 Å². The zero-order valence-corrected chi connectivity index (χ0v) is 11.7. The number of furan rings is 1. The molecule has 6 heteroatoms. The van der Waals surface area contributed by atoms with E-state index in [1.807, 2.05) is 0 Å². The summed E-state index contributed by atoms with van der Waals surface area (Å²) < 4.78 is 15.5. The first-order chi connectivity index (χ1) is 8.87. The van der Waals surface area contributed by atoms with Crippen LogP contribution in [-0.4, -0.2) is 17.7 Å². The molecule has 0 spiro atoms. The summed E-state index contributed by atoms with van der Waals surface area (Å²) in [5.41, 5.74) is -0.238. The Labute approximate surface area is 117 Å². The fraction of sp³-hybridized carbons (Fsp3) is 0.231. The summed E-state index contributed by atoms with van der Waals surface area (Å²) >= 11 is 3.13. The normalized spacial score (nSPS) is 17.1. The van der Waals surface area contributed by atoms with E-state index in [4.69, 9.17) is 13.9 Å². The third kappa shape index (κ3) is 3.26. The first-order valence-electron chi connectivity index (χ1n) is 5.31. The second kappa shape index (κ2) is 4.94.